The average Bonchev–Trinajstić information content (AvgIpc) is 2.75. The Morgan fingerprint density at radius 1 is 1.26 bits per heavy atom. The molecule has 0 fully saturated rings. The molecule has 0 radical (unpaired) electrons. The number of aromatic nitrogens is 3. The van der Waals surface area contributed by atoms with Crippen LogP contribution in [0.2, 0.25) is 15.1 Å². The average molecular weight is 321 g/mol. The molecule has 0 aliphatic heterocycles. The van der Waals surface area contributed by atoms with Gasteiger partial charge in [-0.2, -0.15) is 0 Å². The highest BCUT2D eigenvalue weighted by atomic mass is 35.5. The van der Waals surface area contributed by atoms with E-state index < -0.39 is 5.91 Å². The maximum Gasteiger partial charge on any atom is 0.287 e. The second-order valence-electron chi connectivity index (χ2n) is 3.63. The number of carbonyl (C=O) groups excluding carboxylic acids is 1. The van der Waals surface area contributed by atoms with Gasteiger partial charge in [0, 0.05) is 0 Å². The molecule has 1 heterocycles. The van der Waals surface area contributed by atoms with Crippen molar-refractivity contribution in [1.82, 2.24) is 20.4 Å². The molecule has 0 bridgehead atoms. The van der Waals surface area contributed by atoms with E-state index in [4.69, 9.17) is 40.6 Å². The lowest BCUT2D eigenvalue weighted by molar-refractivity contribution is 0.0948. The standard InChI is InChI=1S/C10H8Cl3N5O/c1-4-9(10(19)15-14)16-17-18(4)8-3-6(12)5(11)2-7(8)13/h2-3H,14H2,1H3,(H,15,19). The summed E-state index contributed by atoms with van der Waals surface area (Å²) >= 11 is 17.9. The first-order chi connectivity index (χ1) is 8.95. The molecule has 0 aliphatic rings. The van der Waals surface area contributed by atoms with Crippen molar-refractivity contribution in [2.45, 2.75) is 6.92 Å². The van der Waals surface area contributed by atoms with Gasteiger partial charge < -0.3 is 0 Å². The van der Waals surface area contributed by atoms with Gasteiger partial charge in [-0.3, -0.25) is 10.2 Å². The number of nitrogens with one attached hydrogen (secondary N) is 1. The van der Waals surface area contributed by atoms with Gasteiger partial charge in [0.15, 0.2) is 5.69 Å². The van der Waals surface area contributed by atoms with Gasteiger partial charge in [-0.05, 0) is 19.1 Å². The van der Waals surface area contributed by atoms with Crippen LogP contribution >= 0.6 is 34.8 Å². The quantitative estimate of drug-likeness (QED) is 0.384. The zero-order chi connectivity index (χ0) is 14.2. The first-order valence-corrected chi connectivity index (χ1v) is 6.17. The van der Waals surface area contributed by atoms with E-state index in [0.717, 1.165) is 0 Å². The van der Waals surface area contributed by atoms with Crippen molar-refractivity contribution in [3.63, 3.8) is 0 Å². The molecule has 19 heavy (non-hydrogen) atoms. The Hall–Kier alpha value is -1.34. The zero-order valence-electron chi connectivity index (χ0n) is 9.62. The lowest BCUT2D eigenvalue weighted by Gasteiger charge is -2.07. The summed E-state index contributed by atoms with van der Waals surface area (Å²) < 4.78 is 1.38. The Morgan fingerprint density at radius 3 is 2.53 bits per heavy atom. The van der Waals surface area contributed by atoms with Crippen molar-refractivity contribution in [1.29, 1.82) is 0 Å². The summed E-state index contributed by atoms with van der Waals surface area (Å²) in [6, 6.07) is 3.03. The van der Waals surface area contributed by atoms with E-state index in [0.29, 0.717) is 26.4 Å². The van der Waals surface area contributed by atoms with Crippen molar-refractivity contribution in [3.05, 3.63) is 38.6 Å². The summed E-state index contributed by atoms with van der Waals surface area (Å²) in [7, 11) is 0. The maximum atomic E-state index is 11.5. The predicted octanol–water partition coefficient (Wildman–Crippen LogP) is 2.14. The van der Waals surface area contributed by atoms with Crippen LogP contribution in [0.1, 0.15) is 16.2 Å². The van der Waals surface area contributed by atoms with E-state index in [-0.39, 0.29) is 5.69 Å². The lowest BCUT2D eigenvalue weighted by Crippen LogP contribution is -2.30. The number of hydrazine groups is 1. The smallest absolute Gasteiger partial charge is 0.287 e. The molecule has 100 valence electrons. The summed E-state index contributed by atoms with van der Waals surface area (Å²) in [5.41, 5.74) is 3.03. The van der Waals surface area contributed by atoms with Crippen LogP contribution in [0.5, 0.6) is 0 Å². The van der Waals surface area contributed by atoms with E-state index in [1.54, 1.807) is 6.92 Å². The van der Waals surface area contributed by atoms with Crippen LogP contribution in [0.25, 0.3) is 5.69 Å². The molecule has 2 aromatic rings. The van der Waals surface area contributed by atoms with Gasteiger partial charge in [0.05, 0.1) is 26.4 Å². The minimum atomic E-state index is -0.542. The topological polar surface area (TPSA) is 85.8 Å². The second kappa shape index (κ2) is 5.34. The minimum Gasteiger partial charge on any atom is -0.289 e. The van der Waals surface area contributed by atoms with Gasteiger partial charge in [0.25, 0.3) is 5.91 Å². The summed E-state index contributed by atoms with van der Waals surface area (Å²) in [5.74, 6) is 4.51. The highest BCUT2D eigenvalue weighted by molar-refractivity contribution is 6.43. The molecule has 0 unspecified atom stereocenters. The number of nitrogen functional groups attached to an aromatic ring is 1. The third-order valence-corrected chi connectivity index (χ3v) is 3.48. The monoisotopic (exact) mass is 319 g/mol. The fraction of sp³-hybridized carbons (Fsp3) is 0.100. The molecule has 3 N–H and O–H groups in total. The van der Waals surface area contributed by atoms with Gasteiger partial charge in [-0.15, -0.1) is 5.10 Å². The van der Waals surface area contributed by atoms with Crippen molar-refractivity contribution >= 4 is 40.7 Å². The number of rotatable bonds is 2. The zero-order valence-corrected chi connectivity index (χ0v) is 11.9. The molecular weight excluding hydrogens is 313 g/mol. The van der Waals surface area contributed by atoms with E-state index in [9.17, 15) is 4.79 Å². The molecule has 1 aromatic carbocycles. The van der Waals surface area contributed by atoms with Crippen LogP contribution in [0.4, 0.5) is 0 Å². The van der Waals surface area contributed by atoms with Gasteiger partial charge in [0.1, 0.15) is 0 Å². The number of benzene rings is 1. The number of nitrogens with zero attached hydrogens (tertiary/aromatic N) is 3. The minimum absolute atomic E-state index is 0.102. The molecule has 9 heteroatoms. The van der Waals surface area contributed by atoms with Crippen LogP contribution in [-0.2, 0) is 0 Å². The van der Waals surface area contributed by atoms with Crippen molar-refractivity contribution in [2.24, 2.45) is 5.84 Å². The highest BCUT2D eigenvalue weighted by Crippen LogP contribution is 2.31. The summed E-state index contributed by atoms with van der Waals surface area (Å²) in [5, 5.41) is 8.58. The molecule has 0 saturated heterocycles. The van der Waals surface area contributed by atoms with E-state index in [1.165, 1.54) is 16.8 Å². The fourth-order valence-corrected chi connectivity index (χ4v) is 2.13. The highest BCUT2D eigenvalue weighted by Gasteiger charge is 2.18. The van der Waals surface area contributed by atoms with E-state index in [1.807, 2.05) is 5.43 Å². The molecule has 6 nitrogen and oxygen atoms in total. The molecule has 0 saturated carbocycles. The second-order valence-corrected chi connectivity index (χ2v) is 4.85. The molecule has 0 atom stereocenters. The predicted molar refractivity (Wildman–Crippen MR) is 72.8 cm³/mol. The van der Waals surface area contributed by atoms with Crippen molar-refractivity contribution < 1.29 is 4.79 Å². The largest absolute Gasteiger partial charge is 0.289 e. The fourth-order valence-electron chi connectivity index (χ4n) is 1.51. The maximum absolute atomic E-state index is 11.5. The summed E-state index contributed by atoms with van der Waals surface area (Å²) in [6.45, 7) is 1.66. The van der Waals surface area contributed by atoms with Crippen LogP contribution in [0.15, 0.2) is 12.1 Å². The third kappa shape index (κ3) is 2.52. The third-order valence-electron chi connectivity index (χ3n) is 2.46. The molecular formula is C10H8Cl3N5O. The first-order valence-electron chi connectivity index (χ1n) is 5.04. The number of carbonyl (C=O) groups is 1. The Labute approximate surface area is 123 Å². The number of amides is 1. The van der Waals surface area contributed by atoms with Gasteiger partial charge in [-0.25, -0.2) is 10.5 Å². The Balaban J connectivity index is 2.57. The van der Waals surface area contributed by atoms with Gasteiger partial charge in [0.2, 0.25) is 0 Å². The number of hydrogen-bond donors (Lipinski definition) is 2. The van der Waals surface area contributed by atoms with Crippen LogP contribution in [-0.4, -0.2) is 20.9 Å². The van der Waals surface area contributed by atoms with E-state index >= 15 is 0 Å². The van der Waals surface area contributed by atoms with Crippen LogP contribution in [0.3, 0.4) is 0 Å². The number of hydrogen-bond acceptors (Lipinski definition) is 4. The first kappa shape index (κ1) is 14.1. The molecule has 1 amide bonds. The molecule has 0 spiro atoms. The lowest BCUT2D eigenvalue weighted by atomic mass is 10.3. The molecule has 1 aromatic heterocycles. The van der Waals surface area contributed by atoms with E-state index in [2.05, 4.69) is 10.3 Å². The van der Waals surface area contributed by atoms with Crippen LogP contribution < -0.4 is 11.3 Å². The Morgan fingerprint density at radius 2 is 1.89 bits per heavy atom. The Kier molecular flexibility index (Phi) is 3.96. The number of nitrogens with two attached hydrogens (primary N) is 1. The summed E-state index contributed by atoms with van der Waals surface area (Å²) in [6.07, 6.45) is 0. The summed E-state index contributed by atoms with van der Waals surface area (Å²) in [4.78, 5) is 11.5. The Bertz CT molecular complexity index is 655. The normalized spacial score (nSPS) is 10.6. The molecule has 0 aliphatic carbocycles. The van der Waals surface area contributed by atoms with Gasteiger partial charge in [-0.1, -0.05) is 40.0 Å². The SMILES string of the molecule is Cc1c(C(=O)NN)nnn1-c1cc(Cl)c(Cl)cc1Cl. The van der Waals surface area contributed by atoms with Gasteiger partial charge >= 0.3 is 0 Å². The number of halogens is 3. The van der Waals surface area contributed by atoms with Crippen LogP contribution in [0, 0.1) is 6.92 Å². The van der Waals surface area contributed by atoms with Crippen molar-refractivity contribution in [2.75, 3.05) is 0 Å². The van der Waals surface area contributed by atoms with Crippen molar-refractivity contribution in [3.8, 4) is 5.69 Å². The molecule has 2 rings (SSSR count).